The van der Waals surface area contributed by atoms with Crippen molar-refractivity contribution in [3.63, 3.8) is 0 Å². The molecule has 0 fully saturated rings. The fourth-order valence-corrected chi connectivity index (χ4v) is 2.60. The molecule has 4 aromatic rings. The molecule has 96 valence electrons. The van der Waals surface area contributed by atoms with Gasteiger partial charge < -0.3 is 4.40 Å². The predicted molar refractivity (Wildman–Crippen MR) is 82.9 cm³/mol. The maximum absolute atomic E-state index is 4.67. The molecular formula is C18H14N2. The smallest absolute Gasteiger partial charge is 0.137 e. The molecule has 2 nitrogen and oxygen atoms in total. The number of hydrogen-bond donors (Lipinski definition) is 0. The Labute approximate surface area is 117 Å². The lowest BCUT2D eigenvalue weighted by Crippen LogP contribution is -1.80. The molecule has 20 heavy (non-hydrogen) atoms. The molecule has 0 radical (unpaired) electrons. The quantitative estimate of drug-likeness (QED) is 0.492. The molecule has 0 aliphatic carbocycles. The van der Waals surface area contributed by atoms with Crippen molar-refractivity contribution >= 4 is 16.4 Å². The third-order valence-corrected chi connectivity index (χ3v) is 3.66. The van der Waals surface area contributed by atoms with Gasteiger partial charge >= 0.3 is 0 Å². The Balaban J connectivity index is 1.90. The minimum Gasteiger partial charge on any atom is -0.306 e. The largest absolute Gasteiger partial charge is 0.306 e. The summed E-state index contributed by atoms with van der Waals surface area (Å²) in [5, 5.41) is 2.53. The number of aromatic nitrogens is 2. The second-order valence-electron chi connectivity index (χ2n) is 5.16. The third kappa shape index (κ3) is 1.77. The summed E-state index contributed by atoms with van der Waals surface area (Å²) in [6.07, 6.45) is 4.10. The van der Waals surface area contributed by atoms with Crippen molar-refractivity contribution in [3.05, 3.63) is 72.6 Å². The molecule has 0 unspecified atom stereocenters. The highest BCUT2D eigenvalue weighted by Gasteiger charge is 2.04. The van der Waals surface area contributed by atoms with Crippen LogP contribution in [0.5, 0.6) is 0 Å². The number of nitrogens with zero attached hydrogens (tertiary/aromatic N) is 2. The number of imidazole rings is 1. The summed E-state index contributed by atoms with van der Waals surface area (Å²) in [6, 6.07) is 19.1. The molecule has 0 N–H and O–H groups in total. The van der Waals surface area contributed by atoms with Crippen LogP contribution in [0.25, 0.3) is 27.7 Å². The van der Waals surface area contributed by atoms with Crippen LogP contribution in [0.3, 0.4) is 0 Å². The lowest BCUT2D eigenvalue weighted by molar-refractivity contribution is 1.19. The van der Waals surface area contributed by atoms with Gasteiger partial charge in [0.1, 0.15) is 5.65 Å². The van der Waals surface area contributed by atoms with Crippen molar-refractivity contribution in [3.8, 4) is 11.3 Å². The van der Waals surface area contributed by atoms with E-state index in [0.29, 0.717) is 0 Å². The highest BCUT2D eigenvalue weighted by Crippen LogP contribution is 2.24. The molecule has 0 spiro atoms. The molecule has 0 aliphatic heterocycles. The van der Waals surface area contributed by atoms with Crippen LogP contribution in [0.1, 0.15) is 5.56 Å². The number of fused-ring (bicyclic) bond motifs is 2. The first-order valence-corrected chi connectivity index (χ1v) is 6.74. The van der Waals surface area contributed by atoms with Gasteiger partial charge in [-0.1, -0.05) is 42.0 Å². The van der Waals surface area contributed by atoms with E-state index in [1.165, 1.54) is 16.3 Å². The van der Waals surface area contributed by atoms with Crippen LogP contribution < -0.4 is 0 Å². The fourth-order valence-electron chi connectivity index (χ4n) is 2.60. The van der Waals surface area contributed by atoms with E-state index in [-0.39, 0.29) is 0 Å². The van der Waals surface area contributed by atoms with E-state index in [1.807, 2.05) is 24.4 Å². The van der Waals surface area contributed by atoms with Gasteiger partial charge in [-0.05, 0) is 35.9 Å². The second kappa shape index (κ2) is 4.20. The molecule has 4 rings (SSSR count). The van der Waals surface area contributed by atoms with Crippen molar-refractivity contribution in [1.82, 2.24) is 9.38 Å². The number of hydrogen-bond acceptors (Lipinski definition) is 1. The molecule has 0 saturated heterocycles. The van der Waals surface area contributed by atoms with Gasteiger partial charge in [-0.2, -0.15) is 0 Å². The van der Waals surface area contributed by atoms with Gasteiger partial charge in [0.2, 0.25) is 0 Å². The van der Waals surface area contributed by atoms with Gasteiger partial charge in [-0.15, -0.1) is 0 Å². The zero-order valence-electron chi connectivity index (χ0n) is 11.2. The predicted octanol–water partition coefficient (Wildman–Crippen LogP) is 4.46. The minimum atomic E-state index is 0.978. The van der Waals surface area contributed by atoms with Crippen LogP contribution in [-0.4, -0.2) is 9.38 Å². The highest BCUT2D eigenvalue weighted by atomic mass is 15.0. The van der Waals surface area contributed by atoms with E-state index in [0.717, 1.165) is 16.9 Å². The van der Waals surface area contributed by atoms with E-state index >= 15 is 0 Å². The normalized spacial score (nSPS) is 11.2. The Kier molecular flexibility index (Phi) is 2.36. The summed E-state index contributed by atoms with van der Waals surface area (Å²) < 4.78 is 2.05. The van der Waals surface area contributed by atoms with Crippen molar-refractivity contribution < 1.29 is 0 Å². The second-order valence-corrected chi connectivity index (χ2v) is 5.16. The summed E-state index contributed by atoms with van der Waals surface area (Å²) >= 11 is 0. The molecule has 2 aromatic carbocycles. The summed E-state index contributed by atoms with van der Waals surface area (Å²) in [5.74, 6) is 0. The van der Waals surface area contributed by atoms with Gasteiger partial charge in [0.15, 0.2) is 0 Å². The molecule has 0 atom stereocenters. The molecular weight excluding hydrogens is 244 g/mol. The van der Waals surface area contributed by atoms with Crippen molar-refractivity contribution in [1.29, 1.82) is 0 Å². The average Bonchev–Trinajstić information content (AvgIpc) is 2.90. The van der Waals surface area contributed by atoms with E-state index in [2.05, 4.69) is 58.9 Å². The number of benzene rings is 2. The molecule has 0 amide bonds. The zero-order valence-corrected chi connectivity index (χ0v) is 11.2. The molecule has 2 heterocycles. The van der Waals surface area contributed by atoms with Gasteiger partial charge in [0.25, 0.3) is 0 Å². The third-order valence-electron chi connectivity index (χ3n) is 3.66. The Morgan fingerprint density at radius 2 is 1.75 bits per heavy atom. The Morgan fingerprint density at radius 3 is 2.65 bits per heavy atom. The number of aryl methyl sites for hydroxylation is 1. The average molecular weight is 258 g/mol. The first-order valence-electron chi connectivity index (χ1n) is 6.74. The summed E-state index contributed by atoms with van der Waals surface area (Å²) in [6.45, 7) is 2.12. The number of rotatable bonds is 1. The molecule has 2 heteroatoms. The minimum absolute atomic E-state index is 0.978. The van der Waals surface area contributed by atoms with Gasteiger partial charge in [-0.3, -0.25) is 0 Å². The monoisotopic (exact) mass is 258 g/mol. The topological polar surface area (TPSA) is 17.3 Å². The van der Waals surface area contributed by atoms with E-state index in [1.54, 1.807) is 0 Å². The Bertz CT molecular complexity index is 886. The Hall–Kier alpha value is -2.61. The van der Waals surface area contributed by atoms with Crippen LogP contribution in [0, 0.1) is 6.92 Å². The van der Waals surface area contributed by atoms with Crippen molar-refractivity contribution in [2.24, 2.45) is 0 Å². The summed E-state index contributed by atoms with van der Waals surface area (Å²) in [5.41, 5.74) is 4.44. The van der Waals surface area contributed by atoms with E-state index in [4.69, 9.17) is 0 Å². The van der Waals surface area contributed by atoms with Crippen LogP contribution in [0.15, 0.2) is 67.0 Å². The van der Waals surface area contributed by atoms with Crippen LogP contribution in [0.4, 0.5) is 0 Å². The van der Waals surface area contributed by atoms with Gasteiger partial charge in [0, 0.05) is 18.0 Å². The molecule has 2 aromatic heterocycles. The lowest BCUT2D eigenvalue weighted by atomic mass is 10.0. The van der Waals surface area contributed by atoms with Gasteiger partial charge in [0.05, 0.1) is 5.69 Å². The maximum Gasteiger partial charge on any atom is 0.137 e. The molecule has 0 aliphatic rings. The zero-order chi connectivity index (χ0) is 13.5. The fraction of sp³-hybridized carbons (Fsp3) is 0.0556. The highest BCUT2D eigenvalue weighted by molar-refractivity contribution is 5.87. The van der Waals surface area contributed by atoms with E-state index in [9.17, 15) is 0 Å². The first kappa shape index (κ1) is 11.2. The van der Waals surface area contributed by atoms with Crippen molar-refractivity contribution in [2.45, 2.75) is 6.92 Å². The van der Waals surface area contributed by atoms with Crippen molar-refractivity contribution in [2.75, 3.05) is 0 Å². The first-order chi connectivity index (χ1) is 9.79. The lowest BCUT2D eigenvalue weighted by Gasteiger charge is -2.02. The van der Waals surface area contributed by atoms with Crippen LogP contribution in [-0.2, 0) is 0 Å². The SMILES string of the molecule is Cc1ccc2cc(-c3cn4ccccc4n3)ccc2c1. The molecule has 0 saturated carbocycles. The maximum atomic E-state index is 4.67. The number of pyridine rings is 1. The van der Waals surface area contributed by atoms with Gasteiger partial charge in [-0.25, -0.2) is 4.98 Å². The van der Waals surface area contributed by atoms with E-state index < -0.39 is 0 Å². The standard InChI is InChI=1S/C18H14N2/c1-13-5-6-15-11-16(8-7-14(15)10-13)17-12-20-9-3-2-4-18(20)19-17/h2-12H,1H3. The van der Waals surface area contributed by atoms with Crippen LogP contribution >= 0.6 is 0 Å². The Morgan fingerprint density at radius 1 is 0.900 bits per heavy atom. The summed E-state index contributed by atoms with van der Waals surface area (Å²) in [4.78, 5) is 4.67. The summed E-state index contributed by atoms with van der Waals surface area (Å²) in [7, 11) is 0. The molecule has 0 bridgehead atoms. The van der Waals surface area contributed by atoms with Crippen LogP contribution in [0.2, 0.25) is 0 Å².